The number of carbonyl (C=O) groups is 2. The van der Waals surface area contributed by atoms with Gasteiger partial charge < -0.3 is 20.4 Å². The first-order valence-corrected chi connectivity index (χ1v) is 12.4. The van der Waals surface area contributed by atoms with E-state index in [1.165, 1.54) is 6.20 Å². The summed E-state index contributed by atoms with van der Waals surface area (Å²) in [5.74, 6) is -0.410. The molecule has 5 rings (SSSR count). The molecule has 2 atom stereocenters. The van der Waals surface area contributed by atoms with Crippen LogP contribution in [0.25, 0.3) is 22.3 Å². The van der Waals surface area contributed by atoms with Gasteiger partial charge in [-0.15, -0.1) is 0 Å². The fourth-order valence-corrected chi connectivity index (χ4v) is 4.83. The molecular weight excluding hydrogens is 470 g/mol. The van der Waals surface area contributed by atoms with Crippen molar-refractivity contribution in [2.75, 3.05) is 19.8 Å². The van der Waals surface area contributed by atoms with Crippen LogP contribution in [0.1, 0.15) is 37.0 Å². The quantitative estimate of drug-likeness (QED) is 0.351. The summed E-state index contributed by atoms with van der Waals surface area (Å²) in [5, 5.41) is 13.5. The molecule has 192 valence electrons. The number of amides is 2. The number of fused-ring (bicyclic) bond motifs is 3. The molecule has 2 saturated heterocycles. The molecule has 0 spiro atoms. The first kappa shape index (κ1) is 24.7. The maximum Gasteiger partial charge on any atom is 0.257 e. The third-order valence-corrected chi connectivity index (χ3v) is 6.85. The Labute approximate surface area is 214 Å². The maximum atomic E-state index is 13.1. The minimum atomic E-state index is -0.299. The highest BCUT2D eigenvalue weighted by molar-refractivity contribution is 5.98. The molecule has 3 aromatic heterocycles. The summed E-state index contributed by atoms with van der Waals surface area (Å²) in [4.78, 5) is 35.8. The van der Waals surface area contributed by atoms with E-state index in [1.54, 1.807) is 30.6 Å². The molecule has 5 heterocycles. The van der Waals surface area contributed by atoms with Crippen LogP contribution in [0, 0.1) is 0 Å². The van der Waals surface area contributed by atoms with Gasteiger partial charge in [0.25, 0.3) is 5.91 Å². The van der Waals surface area contributed by atoms with E-state index in [2.05, 4.69) is 42.3 Å². The van der Waals surface area contributed by atoms with Gasteiger partial charge in [-0.25, -0.2) is 4.98 Å². The average molecular weight is 502 g/mol. The van der Waals surface area contributed by atoms with Crippen molar-refractivity contribution in [1.82, 2.24) is 35.7 Å². The lowest BCUT2D eigenvalue weighted by atomic mass is 10.1. The highest BCUT2D eigenvalue weighted by Crippen LogP contribution is 2.28. The van der Waals surface area contributed by atoms with Crippen molar-refractivity contribution in [2.24, 2.45) is 0 Å². The average Bonchev–Trinajstić information content (AvgIpc) is 3.60. The van der Waals surface area contributed by atoms with E-state index in [-0.39, 0.29) is 11.8 Å². The Hall–Kier alpha value is -4.02. The Bertz CT molecular complexity index is 1370. The number of hydrogen-bond acceptors (Lipinski definition) is 6. The van der Waals surface area contributed by atoms with Gasteiger partial charge >= 0.3 is 0 Å². The number of pyridine rings is 1. The number of carbonyl (C=O) groups excluding carboxylic acids is 2. The minimum Gasteiger partial charge on any atom is -0.378 e. The Morgan fingerprint density at radius 1 is 1.19 bits per heavy atom. The number of aromatic nitrogens is 4. The normalized spacial score (nSPS) is 19.6. The minimum absolute atomic E-state index is 0.111. The van der Waals surface area contributed by atoms with E-state index in [4.69, 9.17) is 4.74 Å². The molecule has 0 aromatic carbocycles. The number of rotatable bonds is 8. The summed E-state index contributed by atoms with van der Waals surface area (Å²) >= 11 is 0. The molecule has 3 aromatic rings. The lowest BCUT2D eigenvalue weighted by Gasteiger charge is -2.33. The van der Waals surface area contributed by atoms with E-state index in [1.807, 2.05) is 19.9 Å². The molecule has 10 heteroatoms. The molecule has 10 nitrogen and oxygen atoms in total. The van der Waals surface area contributed by atoms with Crippen LogP contribution in [0.3, 0.4) is 0 Å². The highest BCUT2D eigenvalue weighted by atomic mass is 16.5. The maximum absolute atomic E-state index is 13.1. The third-order valence-electron chi connectivity index (χ3n) is 6.85. The monoisotopic (exact) mass is 501 g/mol. The Kier molecular flexibility index (Phi) is 7.02. The second-order valence-corrected chi connectivity index (χ2v) is 9.65. The van der Waals surface area contributed by atoms with Crippen LogP contribution in [0.15, 0.2) is 66.4 Å². The molecule has 2 bridgehead atoms. The van der Waals surface area contributed by atoms with Gasteiger partial charge in [-0.2, -0.15) is 5.10 Å². The predicted molar refractivity (Wildman–Crippen MR) is 140 cm³/mol. The summed E-state index contributed by atoms with van der Waals surface area (Å²) < 4.78 is 5.61. The first-order valence-electron chi connectivity index (χ1n) is 12.4. The van der Waals surface area contributed by atoms with Crippen LogP contribution >= 0.6 is 0 Å². The molecule has 0 saturated carbocycles. The zero-order valence-electron chi connectivity index (χ0n) is 21.0. The van der Waals surface area contributed by atoms with Gasteiger partial charge in [0.2, 0.25) is 5.91 Å². The SMILES string of the molecule is C=C/C(=C\C(NC(=O)c1cnc2[nH]c(-c3cn[nH]c3)cc2c1)=C(C)C)NC(=O)CN1C2CCC1COC2. The number of H-pyrrole nitrogens is 2. The highest BCUT2D eigenvalue weighted by Gasteiger charge is 2.38. The Morgan fingerprint density at radius 3 is 2.65 bits per heavy atom. The van der Waals surface area contributed by atoms with Crippen LogP contribution in [-0.4, -0.2) is 68.7 Å². The van der Waals surface area contributed by atoms with Crippen LogP contribution in [0.4, 0.5) is 0 Å². The summed E-state index contributed by atoms with van der Waals surface area (Å²) in [7, 11) is 0. The molecule has 4 N–H and O–H groups in total. The van der Waals surface area contributed by atoms with E-state index in [9.17, 15) is 9.59 Å². The number of morpholine rings is 1. The van der Waals surface area contributed by atoms with Gasteiger partial charge in [-0.3, -0.25) is 19.6 Å². The van der Waals surface area contributed by atoms with Crippen LogP contribution in [0.5, 0.6) is 0 Å². The molecular formula is C27H31N7O3. The predicted octanol–water partition coefficient (Wildman–Crippen LogP) is 3.03. The van der Waals surface area contributed by atoms with Gasteiger partial charge in [-0.05, 0) is 51.0 Å². The van der Waals surface area contributed by atoms with E-state index in [0.29, 0.717) is 54.4 Å². The van der Waals surface area contributed by atoms with Crippen molar-refractivity contribution in [3.8, 4) is 11.3 Å². The summed E-state index contributed by atoms with van der Waals surface area (Å²) in [5.41, 5.74) is 4.85. The largest absolute Gasteiger partial charge is 0.378 e. The number of ether oxygens (including phenoxy) is 1. The van der Waals surface area contributed by atoms with Crippen LogP contribution in [0.2, 0.25) is 0 Å². The third kappa shape index (κ3) is 5.40. The second-order valence-electron chi connectivity index (χ2n) is 9.65. The Morgan fingerprint density at radius 2 is 1.97 bits per heavy atom. The van der Waals surface area contributed by atoms with E-state index >= 15 is 0 Å². The van der Waals surface area contributed by atoms with Gasteiger partial charge in [-0.1, -0.05) is 12.2 Å². The standard InChI is InChI=1S/C27H31N7O3/c1-4-20(31-25(35)13-34-21-5-6-22(34)15-37-14-21)9-23(16(2)3)33-27(36)18-7-17-8-24(19-11-29-30-12-19)32-26(17)28-10-18/h4,7-12,21-22H,1,5-6,13-15H2,2-3H3,(H,28,32)(H,29,30)(H,31,35)(H,33,36)/b20-9+. The van der Waals surface area contributed by atoms with Crippen molar-refractivity contribution in [2.45, 2.75) is 38.8 Å². The summed E-state index contributed by atoms with van der Waals surface area (Å²) in [6, 6.07) is 4.32. The van der Waals surface area contributed by atoms with Gasteiger partial charge in [0.15, 0.2) is 0 Å². The topological polar surface area (TPSA) is 128 Å². The van der Waals surface area contributed by atoms with E-state index < -0.39 is 0 Å². The molecule has 2 fully saturated rings. The van der Waals surface area contributed by atoms with Crippen LogP contribution in [-0.2, 0) is 9.53 Å². The first-order chi connectivity index (χ1) is 17.9. The smallest absolute Gasteiger partial charge is 0.257 e. The number of hydrogen-bond donors (Lipinski definition) is 4. The summed E-state index contributed by atoms with van der Waals surface area (Å²) in [6.07, 6.45) is 10.5. The molecule has 0 aliphatic carbocycles. The molecule has 2 unspecified atom stereocenters. The molecule has 2 aliphatic heterocycles. The number of allylic oxidation sites excluding steroid dienone is 3. The van der Waals surface area contributed by atoms with Crippen molar-refractivity contribution in [3.63, 3.8) is 0 Å². The Balaban J connectivity index is 1.27. The summed E-state index contributed by atoms with van der Waals surface area (Å²) in [6.45, 7) is 9.29. The van der Waals surface area contributed by atoms with Crippen molar-refractivity contribution < 1.29 is 14.3 Å². The fraction of sp³-hybridized carbons (Fsp3) is 0.333. The lowest BCUT2D eigenvalue weighted by molar-refractivity contribution is -0.124. The zero-order valence-corrected chi connectivity index (χ0v) is 21.0. The lowest BCUT2D eigenvalue weighted by Crippen LogP contribution is -2.49. The van der Waals surface area contributed by atoms with E-state index in [0.717, 1.165) is 35.1 Å². The molecule has 37 heavy (non-hydrogen) atoms. The number of aromatic amines is 2. The number of nitrogens with one attached hydrogen (secondary N) is 4. The second kappa shape index (κ2) is 10.5. The zero-order chi connectivity index (χ0) is 25.9. The van der Waals surface area contributed by atoms with Gasteiger partial charge in [0.05, 0.1) is 37.2 Å². The van der Waals surface area contributed by atoms with Crippen LogP contribution < -0.4 is 10.6 Å². The van der Waals surface area contributed by atoms with Crippen molar-refractivity contribution >= 4 is 22.8 Å². The van der Waals surface area contributed by atoms with Crippen molar-refractivity contribution in [1.29, 1.82) is 0 Å². The molecule has 2 aliphatic rings. The molecule has 0 radical (unpaired) electrons. The fourth-order valence-electron chi connectivity index (χ4n) is 4.83. The molecule has 2 amide bonds. The number of nitrogens with zero attached hydrogens (tertiary/aromatic N) is 3. The van der Waals surface area contributed by atoms with Crippen molar-refractivity contribution in [3.05, 3.63) is 72.0 Å². The van der Waals surface area contributed by atoms with Gasteiger partial charge in [0.1, 0.15) is 5.65 Å². The van der Waals surface area contributed by atoms with Gasteiger partial charge in [0, 0.05) is 46.8 Å².